The highest BCUT2D eigenvalue weighted by molar-refractivity contribution is 7.22. The van der Waals surface area contributed by atoms with Gasteiger partial charge in [0, 0.05) is 25.2 Å². The number of fused-ring (bicyclic) bond motifs is 2. The van der Waals surface area contributed by atoms with E-state index in [1.165, 1.54) is 29.5 Å². The third-order valence-electron chi connectivity index (χ3n) is 5.02. The lowest BCUT2D eigenvalue weighted by atomic mass is 10.2. The van der Waals surface area contributed by atoms with Crippen molar-refractivity contribution in [2.24, 2.45) is 7.05 Å². The third kappa shape index (κ3) is 5.57. The topological polar surface area (TPSA) is 84.3 Å². The Morgan fingerprint density at radius 1 is 1.15 bits per heavy atom. The minimum absolute atomic E-state index is 0.163. The van der Waals surface area contributed by atoms with Gasteiger partial charge in [-0.1, -0.05) is 11.3 Å². The minimum Gasteiger partial charge on any atom is -0.406 e. The second-order valence-corrected chi connectivity index (χ2v) is 8.96. The molecule has 0 saturated heterocycles. The van der Waals surface area contributed by atoms with Crippen LogP contribution in [0.1, 0.15) is 16.8 Å². The molecule has 2 N–H and O–H groups in total. The van der Waals surface area contributed by atoms with Crippen molar-refractivity contribution < 1.29 is 22.7 Å². The van der Waals surface area contributed by atoms with Crippen LogP contribution in [-0.4, -0.2) is 58.9 Å². The number of halogens is 3. The van der Waals surface area contributed by atoms with Crippen LogP contribution in [0.5, 0.6) is 5.75 Å². The van der Waals surface area contributed by atoms with Crippen molar-refractivity contribution in [1.82, 2.24) is 24.8 Å². The average Bonchev–Trinajstić information content (AvgIpc) is 3.29. The second-order valence-electron chi connectivity index (χ2n) is 7.93. The first kappa shape index (κ1) is 23.8. The average molecular weight is 493 g/mol. The van der Waals surface area contributed by atoms with Gasteiger partial charge in [0.25, 0.3) is 5.91 Å². The summed E-state index contributed by atoms with van der Waals surface area (Å²) in [4.78, 5) is 23.5. The molecule has 4 rings (SSSR count). The SMILES string of the molecule is CN(C)CCCNC(=O)c1ccc2c(c1)nc(Nc1nc3ccc(OC(F)(F)F)cc3s1)n2C. The van der Waals surface area contributed by atoms with Crippen LogP contribution in [0.15, 0.2) is 36.4 Å². The van der Waals surface area contributed by atoms with E-state index in [1.54, 1.807) is 12.1 Å². The van der Waals surface area contributed by atoms with Crippen LogP contribution in [0.4, 0.5) is 24.3 Å². The number of aromatic nitrogens is 3. The molecule has 180 valence electrons. The first-order valence-electron chi connectivity index (χ1n) is 10.4. The monoisotopic (exact) mass is 492 g/mol. The first-order valence-corrected chi connectivity index (χ1v) is 11.2. The number of alkyl halides is 3. The molecular weight excluding hydrogens is 469 g/mol. The Morgan fingerprint density at radius 2 is 1.94 bits per heavy atom. The number of hydrogen-bond acceptors (Lipinski definition) is 7. The number of carbonyl (C=O) groups excluding carboxylic acids is 1. The molecule has 2 aromatic heterocycles. The summed E-state index contributed by atoms with van der Waals surface area (Å²) in [6, 6.07) is 9.28. The molecule has 0 unspecified atom stereocenters. The van der Waals surface area contributed by atoms with E-state index >= 15 is 0 Å². The number of hydrogen-bond donors (Lipinski definition) is 2. The fraction of sp³-hybridized carbons (Fsp3) is 0.318. The summed E-state index contributed by atoms with van der Waals surface area (Å²) in [6.07, 6.45) is -3.90. The van der Waals surface area contributed by atoms with E-state index in [2.05, 4.69) is 30.2 Å². The van der Waals surface area contributed by atoms with Gasteiger partial charge in [0.05, 0.1) is 21.3 Å². The van der Waals surface area contributed by atoms with Crippen LogP contribution in [-0.2, 0) is 7.05 Å². The van der Waals surface area contributed by atoms with Crippen molar-refractivity contribution in [3.8, 4) is 5.75 Å². The molecule has 0 saturated carbocycles. The molecule has 0 aliphatic heterocycles. The number of carbonyl (C=O) groups is 1. The van der Waals surface area contributed by atoms with Gasteiger partial charge >= 0.3 is 6.36 Å². The zero-order chi connectivity index (χ0) is 24.5. The van der Waals surface area contributed by atoms with Crippen molar-refractivity contribution in [2.75, 3.05) is 32.5 Å². The highest BCUT2D eigenvalue weighted by Gasteiger charge is 2.31. The van der Waals surface area contributed by atoms with Crippen molar-refractivity contribution in [1.29, 1.82) is 0 Å². The zero-order valence-electron chi connectivity index (χ0n) is 18.7. The molecule has 0 bridgehead atoms. The Labute approximate surface area is 197 Å². The molecule has 1 amide bonds. The van der Waals surface area contributed by atoms with Gasteiger partial charge in [-0.05, 0) is 57.4 Å². The normalized spacial score (nSPS) is 12.0. The number of aryl methyl sites for hydroxylation is 1. The van der Waals surface area contributed by atoms with E-state index < -0.39 is 6.36 Å². The number of nitrogens with one attached hydrogen (secondary N) is 2. The summed E-state index contributed by atoms with van der Waals surface area (Å²) in [6.45, 7) is 1.47. The summed E-state index contributed by atoms with van der Waals surface area (Å²) >= 11 is 1.18. The van der Waals surface area contributed by atoms with E-state index in [-0.39, 0.29) is 11.7 Å². The van der Waals surface area contributed by atoms with Crippen molar-refractivity contribution in [3.05, 3.63) is 42.0 Å². The van der Waals surface area contributed by atoms with Crippen LogP contribution in [0.2, 0.25) is 0 Å². The fourth-order valence-electron chi connectivity index (χ4n) is 3.40. The zero-order valence-corrected chi connectivity index (χ0v) is 19.5. The summed E-state index contributed by atoms with van der Waals surface area (Å²) < 4.78 is 43.8. The second kappa shape index (κ2) is 9.47. The van der Waals surface area contributed by atoms with E-state index in [1.807, 2.05) is 31.8 Å². The molecule has 12 heteroatoms. The lowest BCUT2D eigenvalue weighted by Gasteiger charge is -2.09. The van der Waals surface area contributed by atoms with Crippen molar-refractivity contribution in [3.63, 3.8) is 0 Å². The highest BCUT2D eigenvalue weighted by Crippen LogP contribution is 2.33. The number of ether oxygens (including phenoxy) is 1. The van der Waals surface area contributed by atoms with E-state index in [4.69, 9.17) is 0 Å². The third-order valence-corrected chi connectivity index (χ3v) is 5.96. The van der Waals surface area contributed by atoms with Gasteiger partial charge in [-0.2, -0.15) is 0 Å². The highest BCUT2D eigenvalue weighted by atomic mass is 32.1. The molecule has 0 radical (unpaired) electrons. The van der Waals surface area contributed by atoms with Crippen LogP contribution in [0.3, 0.4) is 0 Å². The number of rotatable bonds is 8. The summed E-state index contributed by atoms with van der Waals surface area (Å²) in [7, 11) is 5.79. The number of benzene rings is 2. The predicted octanol–water partition coefficient (Wildman–Crippen LogP) is 4.51. The quantitative estimate of drug-likeness (QED) is 0.352. The largest absolute Gasteiger partial charge is 0.573 e. The van der Waals surface area contributed by atoms with E-state index in [9.17, 15) is 18.0 Å². The molecular formula is C22H23F3N6O2S. The van der Waals surface area contributed by atoms with Gasteiger partial charge in [0.1, 0.15) is 5.75 Å². The molecule has 0 aliphatic carbocycles. The number of amides is 1. The number of nitrogens with zero attached hydrogens (tertiary/aromatic N) is 4. The summed E-state index contributed by atoms with van der Waals surface area (Å²) in [5, 5.41) is 6.49. The Kier molecular flexibility index (Phi) is 6.62. The molecule has 2 heterocycles. The van der Waals surface area contributed by atoms with E-state index in [0.717, 1.165) is 18.5 Å². The van der Waals surface area contributed by atoms with Crippen LogP contribution < -0.4 is 15.4 Å². The van der Waals surface area contributed by atoms with E-state index in [0.29, 0.717) is 38.9 Å². The van der Waals surface area contributed by atoms with Crippen molar-refractivity contribution in [2.45, 2.75) is 12.8 Å². The standard InChI is InChI=1S/C22H23F3N6O2S/c1-30(2)10-4-9-26-19(32)13-5-8-17-16(11-13)27-20(31(17)3)29-21-28-15-7-6-14(12-18(15)34-21)33-22(23,24)25/h5-8,11-12H,4,9-10H2,1-3H3,(H,26,32)(H,27,28,29). The maximum Gasteiger partial charge on any atom is 0.573 e. The lowest BCUT2D eigenvalue weighted by molar-refractivity contribution is -0.274. The predicted molar refractivity (Wildman–Crippen MR) is 126 cm³/mol. The first-order chi connectivity index (χ1) is 16.1. The molecule has 2 aromatic carbocycles. The molecule has 0 aliphatic rings. The Bertz CT molecular complexity index is 1330. The number of thiazole rings is 1. The Hall–Kier alpha value is -3.38. The fourth-order valence-corrected chi connectivity index (χ4v) is 4.29. The van der Waals surface area contributed by atoms with Gasteiger partial charge in [0.2, 0.25) is 5.95 Å². The summed E-state index contributed by atoms with van der Waals surface area (Å²) in [5.74, 6) is 0.0266. The van der Waals surface area contributed by atoms with Crippen LogP contribution in [0, 0.1) is 0 Å². The molecule has 0 atom stereocenters. The van der Waals surface area contributed by atoms with Gasteiger partial charge in [-0.25, -0.2) is 9.97 Å². The Balaban J connectivity index is 1.50. The molecule has 34 heavy (non-hydrogen) atoms. The van der Waals surface area contributed by atoms with Crippen LogP contribution >= 0.6 is 11.3 Å². The van der Waals surface area contributed by atoms with Crippen LogP contribution in [0.25, 0.3) is 21.3 Å². The molecule has 8 nitrogen and oxygen atoms in total. The van der Waals surface area contributed by atoms with Crippen molar-refractivity contribution >= 4 is 49.6 Å². The lowest BCUT2D eigenvalue weighted by Crippen LogP contribution is -2.27. The number of imidazole rings is 1. The van der Waals surface area contributed by atoms with Gasteiger partial charge < -0.3 is 24.8 Å². The maximum absolute atomic E-state index is 12.5. The molecule has 4 aromatic rings. The minimum atomic E-state index is -4.76. The maximum atomic E-state index is 12.5. The molecule has 0 spiro atoms. The summed E-state index contributed by atoms with van der Waals surface area (Å²) in [5.41, 5.74) is 2.50. The number of anilines is 2. The van der Waals surface area contributed by atoms with Gasteiger partial charge in [-0.3, -0.25) is 4.79 Å². The smallest absolute Gasteiger partial charge is 0.406 e. The van der Waals surface area contributed by atoms with Gasteiger partial charge in [-0.15, -0.1) is 13.2 Å². The van der Waals surface area contributed by atoms with Gasteiger partial charge in [0.15, 0.2) is 5.13 Å². The molecule has 0 fully saturated rings. The Morgan fingerprint density at radius 3 is 2.68 bits per heavy atom.